The highest BCUT2D eigenvalue weighted by Crippen LogP contribution is 2.34. The molecular formula is C14H13BrO2S. The molecule has 0 radical (unpaired) electrons. The largest absolute Gasteiger partial charge is 0.481 e. The summed E-state index contributed by atoms with van der Waals surface area (Å²) in [6, 6.07) is 9.96. The normalized spacial score (nSPS) is 11.5. The first-order valence-electron chi connectivity index (χ1n) is 5.49. The highest BCUT2D eigenvalue weighted by atomic mass is 79.9. The van der Waals surface area contributed by atoms with Crippen molar-refractivity contribution in [1.82, 2.24) is 0 Å². The van der Waals surface area contributed by atoms with Gasteiger partial charge in [-0.05, 0) is 48.6 Å². The first kappa shape index (κ1) is 13.3. The summed E-state index contributed by atoms with van der Waals surface area (Å²) in [6.45, 7) is 3.45. The van der Waals surface area contributed by atoms with Gasteiger partial charge in [0.15, 0.2) is 0 Å². The lowest BCUT2D eigenvalue weighted by molar-refractivity contribution is -0.142. The average molecular weight is 325 g/mol. The van der Waals surface area contributed by atoms with Crippen molar-refractivity contribution in [3.63, 3.8) is 0 Å². The molecule has 0 atom stereocenters. The first-order chi connectivity index (χ1) is 8.41. The number of hydrogen-bond donors (Lipinski definition) is 1. The van der Waals surface area contributed by atoms with Gasteiger partial charge in [-0.2, -0.15) is 0 Å². The average Bonchev–Trinajstić information content (AvgIpc) is 2.78. The van der Waals surface area contributed by atoms with Crippen LogP contribution in [0.2, 0.25) is 0 Å². The molecule has 0 aliphatic heterocycles. The Balaban J connectivity index is 2.40. The maximum absolute atomic E-state index is 11.2. The molecule has 2 aromatic rings. The summed E-state index contributed by atoms with van der Waals surface area (Å²) in [5.74, 6) is -0.805. The number of rotatable bonds is 3. The van der Waals surface area contributed by atoms with Gasteiger partial charge in [0, 0.05) is 9.35 Å². The minimum absolute atomic E-state index is 0.805. The van der Waals surface area contributed by atoms with E-state index >= 15 is 0 Å². The molecule has 1 N–H and O–H groups in total. The minimum Gasteiger partial charge on any atom is -0.481 e. The number of hydrogen-bond acceptors (Lipinski definition) is 2. The third kappa shape index (κ3) is 2.49. The molecule has 94 valence electrons. The highest BCUT2D eigenvalue weighted by Gasteiger charge is 2.30. The van der Waals surface area contributed by atoms with Crippen LogP contribution in [0.1, 0.15) is 19.4 Å². The first-order valence-corrected chi connectivity index (χ1v) is 7.17. The van der Waals surface area contributed by atoms with Gasteiger partial charge in [-0.1, -0.05) is 28.1 Å². The van der Waals surface area contributed by atoms with Crippen LogP contribution >= 0.6 is 27.3 Å². The lowest BCUT2D eigenvalue weighted by atomic mass is 9.86. The van der Waals surface area contributed by atoms with Crippen molar-refractivity contribution in [1.29, 1.82) is 0 Å². The number of carbonyl (C=O) groups is 1. The van der Waals surface area contributed by atoms with Crippen molar-refractivity contribution >= 4 is 33.2 Å². The zero-order valence-electron chi connectivity index (χ0n) is 10.1. The number of thiophene rings is 1. The molecule has 2 nitrogen and oxygen atoms in total. The van der Waals surface area contributed by atoms with Crippen LogP contribution in [0.25, 0.3) is 10.4 Å². The van der Waals surface area contributed by atoms with Gasteiger partial charge in [0.05, 0.1) is 5.41 Å². The quantitative estimate of drug-likeness (QED) is 0.899. The molecule has 4 heteroatoms. The topological polar surface area (TPSA) is 37.3 Å². The van der Waals surface area contributed by atoms with Crippen LogP contribution in [0, 0.1) is 0 Å². The zero-order valence-corrected chi connectivity index (χ0v) is 12.5. The molecular weight excluding hydrogens is 312 g/mol. The van der Waals surface area contributed by atoms with E-state index in [1.807, 2.05) is 35.7 Å². The molecule has 0 spiro atoms. The van der Waals surface area contributed by atoms with Gasteiger partial charge in [-0.25, -0.2) is 0 Å². The Bertz CT molecular complexity index is 587. The smallest absolute Gasteiger partial charge is 0.313 e. The van der Waals surface area contributed by atoms with E-state index in [4.69, 9.17) is 0 Å². The molecule has 0 fully saturated rings. The second kappa shape index (κ2) is 4.86. The minimum atomic E-state index is -0.846. The molecule has 0 aliphatic rings. The van der Waals surface area contributed by atoms with Crippen molar-refractivity contribution in [2.45, 2.75) is 19.3 Å². The van der Waals surface area contributed by atoms with E-state index in [1.165, 1.54) is 0 Å². The van der Waals surface area contributed by atoms with E-state index in [1.54, 1.807) is 25.2 Å². The van der Waals surface area contributed by atoms with Gasteiger partial charge in [-0.15, -0.1) is 11.3 Å². The Hall–Kier alpha value is -1.13. The number of aliphatic carboxylic acids is 1. The molecule has 1 heterocycles. The SMILES string of the molecule is CC(C)(C(=O)O)c1csc(-c2cccc(Br)c2)c1. The lowest BCUT2D eigenvalue weighted by Crippen LogP contribution is -2.27. The van der Waals surface area contributed by atoms with Crippen LogP contribution in [0.3, 0.4) is 0 Å². The van der Waals surface area contributed by atoms with Crippen LogP contribution in [0.15, 0.2) is 40.2 Å². The van der Waals surface area contributed by atoms with Gasteiger partial charge < -0.3 is 5.11 Å². The number of halogens is 1. The monoisotopic (exact) mass is 324 g/mol. The van der Waals surface area contributed by atoms with E-state index in [9.17, 15) is 9.90 Å². The van der Waals surface area contributed by atoms with E-state index in [2.05, 4.69) is 15.9 Å². The van der Waals surface area contributed by atoms with E-state index in [0.717, 1.165) is 20.5 Å². The summed E-state index contributed by atoms with van der Waals surface area (Å²) >= 11 is 5.01. The maximum Gasteiger partial charge on any atom is 0.313 e. The maximum atomic E-state index is 11.2. The molecule has 0 amide bonds. The molecule has 0 aliphatic carbocycles. The Morgan fingerprint density at radius 3 is 2.67 bits per heavy atom. The summed E-state index contributed by atoms with van der Waals surface area (Å²) < 4.78 is 1.02. The van der Waals surface area contributed by atoms with Crippen molar-refractivity contribution in [2.24, 2.45) is 0 Å². The third-order valence-corrected chi connectivity index (χ3v) is 4.44. The Kier molecular flexibility index (Phi) is 3.59. The number of carboxylic acids is 1. The third-order valence-electron chi connectivity index (χ3n) is 2.96. The molecule has 0 bridgehead atoms. The molecule has 1 aromatic carbocycles. The van der Waals surface area contributed by atoms with Gasteiger partial charge in [-0.3, -0.25) is 4.79 Å². The molecule has 0 saturated carbocycles. The Labute approximate surface area is 118 Å². The fourth-order valence-corrected chi connectivity index (χ4v) is 3.05. The summed E-state index contributed by atoms with van der Waals surface area (Å²) in [4.78, 5) is 12.3. The van der Waals surface area contributed by atoms with Crippen molar-refractivity contribution < 1.29 is 9.90 Å². The van der Waals surface area contributed by atoms with Crippen LogP contribution in [-0.2, 0) is 10.2 Å². The predicted molar refractivity (Wildman–Crippen MR) is 78.1 cm³/mol. The molecule has 0 unspecified atom stereocenters. The van der Waals surface area contributed by atoms with Gasteiger partial charge in [0.1, 0.15) is 0 Å². The summed E-state index contributed by atoms with van der Waals surface area (Å²) in [5, 5.41) is 11.1. The van der Waals surface area contributed by atoms with E-state index in [0.29, 0.717) is 0 Å². The second-order valence-electron chi connectivity index (χ2n) is 4.64. The molecule has 1 aromatic heterocycles. The van der Waals surface area contributed by atoms with Crippen molar-refractivity contribution in [3.8, 4) is 10.4 Å². The fraction of sp³-hybridized carbons (Fsp3) is 0.214. The Morgan fingerprint density at radius 2 is 2.06 bits per heavy atom. The summed E-state index contributed by atoms with van der Waals surface area (Å²) in [5.41, 5.74) is 1.10. The van der Waals surface area contributed by atoms with Crippen LogP contribution in [-0.4, -0.2) is 11.1 Å². The number of carboxylic acid groups (broad SMARTS) is 1. The highest BCUT2D eigenvalue weighted by molar-refractivity contribution is 9.10. The summed E-state index contributed by atoms with van der Waals surface area (Å²) in [7, 11) is 0. The Morgan fingerprint density at radius 1 is 1.33 bits per heavy atom. The molecule has 2 rings (SSSR count). The van der Waals surface area contributed by atoms with Crippen LogP contribution in [0.4, 0.5) is 0 Å². The van der Waals surface area contributed by atoms with E-state index < -0.39 is 11.4 Å². The molecule has 0 saturated heterocycles. The van der Waals surface area contributed by atoms with Crippen molar-refractivity contribution in [2.75, 3.05) is 0 Å². The standard InChI is InChI=1S/C14H13BrO2S/c1-14(2,13(16)17)10-7-12(18-8-10)9-4-3-5-11(15)6-9/h3-8H,1-2H3,(H,16,17). The van der Waals surface area contributed by atoms with Crippen LogP contribution < -0.4 is 0 Å². The van der Waals surface area contributed by atoms with Gasteiger partial charge in [0.25, 0.3) is 0 Å². The summed E-state index contributed by atoms with van der Waals surface area (Å²) in [6.07, 6.45) is 0. The predicted octanol–water partition coefficient (Wildman–Crippen LogP) is 4.54. The van der Waals surface area contributed by atoms with Gasteiger partial charge in [0.2, 0.25) is 0 Å². The fourth-order valence-electron chi connectivity index (χ4n) is 1.58. The number of benzene rings is 1. The lowest BCUT2D eigenvalue weighted by Gasteiger charge is -2.17. The van der Waals surface area contributed by atoms with Gasteiger partial charge >= 0.3 is 5.97 Å². The van der Waals surface area contributed by atoms with Crippen molar-refractivity contribution in [3.05, 3.63) is 45.7 Å². The zero-order chi connectivity index (χ0) is 13.3. The molecule has 18 heavy (non-hydrogen) atoms. The van der Waals surface area contributed by atoms with Crippen LogP contribution in [0.5, 0.6) is 0 Å². The van der Waals surface area contributed by atoms with E-state index in [-0.39, 0.29) is 0 Å². The second-order valence-corrected chi connectivity index (χ2v) is 6.47.